The van der Waals surface area contributed by atoms with Gasteiger partial charge in [-0.15, -0.1) is 5.10 Å². The monoisotopic (exact) mass is 228 g/mol. The van der Waals surface area contributed by atoms with E-state index in [0.29, 0.717) is 31.1 Å². The molecule has 0 saturated carbocycles. The molecular weight excluding hydrogens is 208 g/mol. The van der Waals surface area contributed by atoms with Gasteiger partial charge in [-0.3, -0.25) is 0 Å². The number of nitrogens with zero attached hydrogens (tertiary/aromatic N) is 3. The Morgan fingerprint density at radius 1 is 1.44 bits per heavy atom. The molecule has 1 aromatic heterocycles. The molecule has 0 aliphatic heterocycles. The molecule has 0 radical (unpaired) electrons. The van der Waals surface area contributed by atoms with E-state index in [1.54, 1.807) is 7.11 Å². The number of ether oxygens (including phenoxy) is 1. The van der Waals surface area contributed by atoms with E-state index in [1.165, 1.54) is 0 Å². The molecule has 0 fully saturated rings. The van der Waals surface area contributed by atoms with Crippen LogP contribution in [-0.4, -0.2) is 43.5 Å². The molecule has 1 heterocycles. The summed E-state index contributed by atoms with van der Waals surface area (Å²) in [4.78, 5) is 1.94. The van der Waals surface area contributed by atoms with Gasteiger partial charge in [0.2, 0.25) is 5.89 Å². The lowest BCUT2D eigenvalue weighted by molar-refractivity contribution is 0.198. The molecule has 0 aromatic carbocycles. The van der Waals surface area contributed by atoms with E-state index in [1.807, 2.05) is 11.9 Å². The van der Waals surface area contributed by atoms with Crippen LogP contribution < -0.4 is 10.2 Å². The highest BCUT2D eigenvalue weighted by molar-refractivity contribution is 5.23. The first-order valence-electron chi connectivity index (χ1n) is 5.40. The fraction of sp³-hybridized carbons (Fsp3) is 0.800. The minimum Gasteiger partial charge on any atom is -0.407 e. The van der Waals surface area contributed by atoms with E-state index < -0.39 is 0 Å². The highest BCUT2D eigenvalue weighted by Gasteiger charge is 2.12. The second-order valence-electron chi connectivity index (χ2n) is 3.85. The molecule has 0 bridgehead atoms. The van der Waals surface area contributed by atoms with Crippen molar-refractivity contribution in [1.82, 2.24) is 15.5 Å². The predicted octanol–water partition coefficient (Wildman–Crippen LogP) is 0.650. The Balaban J connectivity index is 2.39. The molecule has 0 aliphatic rings. The van der Waals surface area contributed by atoms with Crippen LogP contribution in [0.5, 0.6) is 0 Å². The maximum atomic E-state index is 5.49. The van der Waals surface area contributed by atoms with Crippen LogP contribution >= 0.6 is 0 Å². The van der Waals surface area contributed by atoms with Crippen molar-refractivity contribution in [3.8, 4) is 0 Å². The largest absolute Gasteiger partial charge is 0.407 e. The fourth-order valence-corrected chi connectivity index (χ4v) is 1.05. The van der Waals surface area contributed by atoms with Gasteiger partial charge < -0.3 is 19.4 Å². The molecule has 0 atom stereocenters. The van der Waals surface area contributed by atoms with Crippen molar-refractivity contribution in [2.24, 2.45) is 0 Å². The van der Waals surface area contributed by atoms with Gasteiger partial charge in [0.1, 0.15) is 0 Å². The van der Waals surface area contributed by atoms with Crippen molar-refractivity contribution in [3.05, 3.63) is 5.89 Å². The van der Waals surface area contributed by atoms with Crippen molar-refractivity contribution in [3.63, 3.8) is 0 Å². The average Bonchev–Trinajstić information content (AvgIpc) is 2.72. The van der Waals surface area contributed by atoms with Crippen LogP contribution in [0.25, 0.3) is 0 Å². The Morgan fingerprint density at radius 2 is 2.19 bits per heavy atom. The zero-order chi connectivity index (χ0) is 12.0. The fourth-order valence-electron chi connectivity index (χ4n) is 1.05. The second-order valence-corrected chi connectivity index (χ2v) is 3.85. The van der Waals surface area contributed by atoms with Crippen LogP contribution in [0.2, 0.25) is 0 Å². The number of methoxy groups -OCH3 is 1. The molecule has 0 unspecified atom stereocenters. The first-order chi connectivity index (χ1) is 7.65. The highest BCUT2D eigenvalue weighted by Crippen LogP contribution is 2.12. The lowest BCUT2D eigenvalue weighted by Gasteiger charge is -2.17. The number of anilines is 1. The van der Waals surface area contributed by atoms with E-state index in [-0.39, 0.29) is 0 Å². The van der Waals surface area contributed by atoms with E-state index in [4.69, 9.17) is 9.15 Å². The number of nitrogens with one attached hydrogen (secondary N) is 1. The van der Waals surface area contributed by atoms with Crippen LogP contribution in [0, 0.1) is 0 Å². The molecule has 0 saturated heterocycles. The van der Waals surface area contributed by atoms with Crippen LogP contribution in [0.1, 0.15) is 19.7 Å². The molecule has 6 heteroatoms. The topological polar surface area (TPSA) is 63.4 Å². The second kappa shape index (κ2) is 6.44. The smallest absolute Gasteiger partial charge is 0.318 e. The van der Waals surface area contributed by atoms with Gasteiger partial charge in [-0.25, -0.2) is 0 Å². The summed E-state index contributed by atoms with van der Waals surface area (Å²) in [6.45, 7) is 6.16. The van der Waals surface area contributed by atoms with Gasteiger partial charge in [0.05, 0.1) is 13.2 Å². The summed E-state index contributed by atoms with van der Waals surface area (Å²) in [5.41, 5.74) is 0. The van der Waals surface area contributed by atoms with E-state index in [9.17, 15) is 0 Å². The molecule has 0 spiro atoms. The van der Waals surface area contributed by atoms with Crippen molar-refractivity contribution in [2.75, 3.05) is 32.2 Å². The van der Waals surface area contributed by atoms with Gasteiger partial charge in [-0.1, -0.05) is 5.10 Å². The Kier molecular flexibility index (Phi) is 5.21. The summed E-state index contributed by atoms with van der Waals surface area (Å²) in [5.74, 6) is 0.596. The number of hydrogen-bond donors (Lipinski definition) is 1. The molecule has 16 heavy (non-hydrogen) atoms. The molecule has 6 nitrogen and oxygen atoms in total. The summed E-state index contributed by atoms with van der Waals surface area (Å²) >= 11 is 0. The van der Waals surface area contributed by atoms with Crippen LogP contribution in [0.15, 0.2) is 4.42 Å². The average molecular weight is 228 g/mol. The molecule has 1 N–H and O–H groups in total. The molecule has 0 amide bonds. The zero-order valence-electron chi connectivity index (χ0n) is 10.4. The molecular formula is C10H20N4O2. The van der Waals surface area contributed by atoms with E-state index in [0.717, 1.165) is 6.54 Å². The summed E-state index contributed by atoms with van der Waals surface area (Å²) in [6, 6.07) is 0.897. The van der Waals surface area contributed by atoms with Gasteiger partial charge in [0.25, 0.3) is 0 Å². The predicted molar refractivity (Wildman–Crippen MR) is 61.4 cm³/mol. The quantitative estimate of drug-likeness (QED) is 0.691. The third-order valence-electron chi connectivity index (χ3n) is 2.29. The molecule has 1 aromatic rings. The number of aromatic nitrogens is 2. The van der Waals surface area contributed by atoms with Gasteiger partial charge in [0, 0.05) is 26.7 Å². The van der Waals surface area contributed by atoms with Gasteiger partial charge in [-0.05, 0) is 13.8 Å². The van der Waals surface area contributed by atoms with E-state index >= 15 is 0 Å². The van der Waals surface area contributed by atoms with Gasteiger partial charge >= 0.3 is 6.01 Å². The maximum Gasteiger partial charge on any atom is 0.318 e. The van der Waals surface area contributed by atoms with Crippen molar-refractivity contribution in [1.29, 1.82) is 0 Å². The van der Waals surface area contributed by atoms with Gasteiger partial charge in [-0.2, -0.15) is 0 Å². The summed E-state index contributed by atoms with van der Waals surface area (Å²) in [6.07, 6.45) is 0. The normalized spacial score (nSPS) is 11.1. The Hall–Kier alpha value is -1.14. The molecule has 0 aliphatic carbocycles. The highest BCUT2D eigenvalue weighted by atomic mass is 16.5. The molecule has 1 rings (SSSR count). The van der Waals surface area contributed by atoms with E-state index in [2.05, 4.69) is 29.4 Å². The summed E-state index contributed by atoms with van der Waals surface area (Å²) < 4.78 is 10.4. The summed E-state index contributed by atoms with van der Waals surface area (Å²) in [5, 5.41) is 11.1. The molecule has 92 valence electrons. The Labute approximate surface area is 96.0 Å². The third kappa shape index (κ3) is 3.79. The van der Waals surface area contributed by atoms with Crippen molar-refractivity contribution in [2.45, 2.75) is 26.4 Å². The Morgan fingerprint density at radius 3 is 2.81 bits per heavy atom. The minimum atomic E-state index is 0.342. The van der Waals surface area contributed by atoms with Gasteiger partial charge in [0.15, 0.2) is 0 Å². The number of rotatable bonds is 7. The van der Waals surface area contributed by atoms with Crippen LogP contribution in [-0.2, 0) is 11.3 Å². The van der Waals surface area contributed by atoms with Crippen molar-refractivity contribution >= 4 is 6.01 Å². The zero-order valence-corrected chi connectivity index (χ0v) is 10.4. The Bertz CT molecular complexity index is 301. The standard InChI is InChI=1S/C10H20N4O2/c1-8(2)14(3)10-13-12-9(16-10)7-11-5-6-15-4/h8,11H,5-7H2,1-4H3. The lowest BCUT2D eigenvalue weighted by Crippen LogP contribution is -2.25. The third-order valence-corrected chi connectivity index (χ3v) is 2.29. The lowest BCUT2D eigenvalue weighted by atomic mass is 10.4. The maximum absolute atomic E-state index is 5.49. The number of hydrogen-bond acceptors (Lipinski definition) is 6. The first-order valence-corrected chi connectivity index (χ1v) is 5.40. The van der Waals surface area contributed by atoms with Crippen molar-refractivity contribution < 1.29 is 9.15 Å². The minimum absolute atomic E-state index is 0.342. The van der Waals surface area contributed by atoms with Crippen LogP contribution in [0.3, 0.4) is 0 Å². The SMILES string of the molecule is COCCNCc1nnc(N(C)C(C)C)o1. The first kappa shape index (κ1) is 12.9. The summed E-state index contributed by atoms with van der Waals surface area (Å²) in [7, 11) is 3.60. The van der Waals surface area contributed by atoms with Crippen LogP contribution in [0.4, 0.5) is 6.01 Å².